The number of aromatic nitrogens is 2. The Morgan fingerprint density at radius 2 is 2.29 bits per heavy atom. The summed E-state index contributed by atoms with van der Waals surface area (Å²) in [6.07, 6.45) is 7.36. The summed E-state index contributed by atoms with van der Waals surface area (Å²) in [7, 11) is 0. The molecule has 1 heterocycles. The Morgan fingerprint density at radius 1 is 1.52 bits per heavy atom. The Hall–Kier alpha value is -1.36. The highest BCUT2D eigenvalue weighted by atomic mass is 16.3. The Kier molecular flexibility index (Phi) is 5.39. The molecule has 0 unspecified atom stereocenters. The summed E-state index contributed by atoms with van der Waals surface area (Å²) < 4.78 is 0. The predicted molar refractivity (Wildman–Crippen MR) is 82.0 cm³/mol. The number of H-pyrrole nitrogens is 1. The molecule has 1 aliphatic carbocycles. The van der Waals surface area contributed by atoms with Crippen LogP contribution in [0.25, 0.3) is 0 Å². The quantitative estimate of drug-likeness (QED) is 0.720. The van der Waals surface area contributed by atoms with Gasteiger partial charge >= 0.3 is 0 Å². The minimum absolute atomic E-state index is 0.0122. The van der Waals surface area contributed by atoms with Crippen LogP contribution in [-0.2, 0) is 11.2 Å². The molecule has 0 aliphatic heterocycles. The maximum absolute atomic E-state index is 12.5. The fourth-order valence-corrected chi connectivity index (χ4v) is 3.31. The number of amides is 1. The average molecular weight is 293 g/mol. The van der Waals surface area contributed by atoms with Gasteiger partial charge in [0.15, 0.2) is 0 Å². The summed E-state index contributed by atoms with van der Waals surface area (Å²) in [4.78, 5) is 12.5. The van der Waals surface area contributed by atoms with E-state index < -0.39 is 0 Å². The molecule has 118 valence electrons. The molecule has 1 aliphatic rings. The van der Waals surface area contributed by atoms with Crippen LogP contribution < -0.4 is 5.32 Å². The van der Waals surface area contributed by atoms with Crippen LogP contribution in [0.5, 0.6) is 0 Å². The number of aliphatic hydroxyl groups is 1. The second-order valence-corrected chi connectivity index (χ2v) is 6.15. The summed E-state index contributed by atoms with van der Waals surface area (Å²) in [6, 6.07) is 0. The van der Waals surface area contributed by atoms with Gasteiger partial charge < -0.3 is 10.4 Å². The van der Waals surface area contributed by atoms with Gasteiger partial charge in [-0.05, 0) is 43.9 Å². The van der Waals surface area contributed by atoms with Crippen LogP contribution in [0.1, 0.15) is 63.1 Å². The molecule has 0 radical (unpaired) electrons. The molecule has 3 N–H and O–H groups in total. The van der Waals surface area contributed by atoms with E-state index in [1.54, 1.807) is 6.20 Å². The summed E-state index contributed by atoms with van der Waals surface area (Å²) in [5.41, 5.74) is 2.17. The average Bonchev–Trinajstić information content (AvgIpc) is 2.99. The van der Waals surface area contributed by atoms with Gasteiger partial charge in [0.05, 0.1) is 12.1 Å². The number of hydrogen-bond acceptors (Lipinski definition) is 3. The molecule has 1 atom stereocenters. The fourth-order valence-electron chi connectivity index (χ4n) is 3.31. The van der Waals surface area contributed by atoms with E-state index in [-0.39, 0.29) is 23.8 Å². The van der Waals surface area contributed by atoms with Crippen molar-refractivity contribution in [3.8, 4) is 0 Å². The first kappa shape index (κ1) is 16.0. The smallest absolute Gasteiger partial charge is 0.227 e. The predicted octanol–water partition coefficient (Wildman–Crippen LogP) is 2.13. The number of carbonyl (C=O) groups is 1. The van der Waals surface area contributed by atoms with Crippen LogP contribution in [0.4, 0.5) is 0 Å². The molecule has 0 spiro atoms. The van der Waals surface area contributed by atoms with E-state index in [0.29, 0.717) is 6.54 Å². The summed E-state index contributed by atoms with van der Waals surface area (Å²) in [5, 5.41) is 19.4. The van der Waals surface area contributed by atoms with Crippen molar-refractivity contribution in [2.75, 3.05) is 13.2 Å². The van der Waals surface area contributed by atoms with Crippen molar-refractivity contribution >= 4 is 5.91 Å². The molecular weight excluding hydrogens is 266 g/mol. The molecule has 0 bridgehead atoms. The van der Waals surface area contributed by atoms with Crippen LogP contribution >= 0.6 is 0 Å². The number of rotatable bonds is 7. The Morgan fingerprint density at radius 3 is 2.95 bits per heavy atom. The molecule has 0 saturated carbocycles. The molecule has 1 aromatic rings. The van der Waals surface area contributed by atoms with Crippen molar-refractivity contribution in [1.82, 2.24) is 15.5 Å². The SMILES string of the molecule is CCC(CC)(CCO)CNC(=O)[C@H]1CCCc2[nH]ncc21. The summed E-state index contributed by atoms with van der Waals surface area (Å²) in [6.45, 7) is 5.07. The number of nitrogens with one attached hydrogen (secondary N) is 2. The highest BCUT2D eigenvalue weighted by Gasteiger charge is 2.31. The molecular formula is C16H27N3O2. The van der Waals surface area contributed by atoms with Gasteiger partial charge in [-0.25, -0.2) is 0 Å². The number of aryl methyl sites for hydroxylation is 1. The molecule has 5 nitrogen and oxygen atoms in total. The van der Waals surface area contributed by atoms with Gasteiger partial charge in [-0.15, -0.1) is 0 Å². The third-order valence-electron chi connectivity index (χ3n) is 5.14. The molecule has 0 saturated heterocycles. The number of aliphatic hydroxyl groups excluding tert-OH is 1. The molecule has 1 amide bonds. The van der Waals surface area contributed by atoms with E-state index in [9.17, 15) is 9.90 Å². The van der Waals surface area contributed by atoms with Crippen molar-refractivity contribution < 1.29 is 9.90 Å². The molecule has 5 heteroatoms. The Bertz CT molecular complexity index is 466. The summed E-state index contributed by atoms with van der Waals surface area (Å²) >= 11 is 0. The number of nitrogens with zero attached hydrogens (tertiary/aromatic N) is 1. The maximum atomic E-state index is 12.5. The van der Waals surface area contributed by atoms with Gasteiger partial charge in [0, 0.05) is 24.4 Å². The highest BCUT2D eigenvalue weighted by molar-refractivity contribution is 5.84. The van der Waals surface area contributed by atoms with Gasteiger partial charge in [0.1, 0.15) is 0 Å². The zero-order valence-corrected chi connectivity index (χ0v) is 13.1. The van der Waals surface area contributed by atoms with Crippen molar-refractivity contribution in [2.24, 2.45) is 5.41 Å². The van der Waals surface area contributed by atoms with Crippen molar-refractivity contribution in [3.05, 3.63) is 17.5 Å². The number of fused-ring (bicyclic) bond motifs is 1. The van der Waals surface area contributed by atoms with Gasteiger partial charge in [-0.2, -0.15) is 5.10 Å². The molecule has 0 aromatic carbocycles. The Labute approximate surface area is 126 Å². The lowest BCUT2D eigenvalue weighted by atomic mass is 9.79. The van der Waals surface area contributed by atoms with E-state index in [0.717, 1.165) is 49.8 Å². The van der Waals surface area contributed by atoms with Crippen LogP contribution in [0.2, 0.25) is 0 Å². The van der Waals surface area contributed by atoms with E-state index in [2.05, 4.69) is 29.4 Å². The van der Waals surface area contributed by atoms with Crippen molar-refractivity contribution in [2.45, 2.75) is 58.3 Å². The standard InChI is InChI=1S/C16H27N3O2/c1-3-16(4-2,8-9-20)11-17-15(21)12-6-5-7-14-13(12)10-18-19-14/h10,12,20H,3-9,11H2,1-2H3,(H,17,21)(H,18,19)/t12-/m0/s1. The molecule has 0 fully saturated rings. The number of carbonyl (C=O) groups excluding carboxylic acids is 1. The van der Waals surface area contributed by atoms with Gasteiger partial charge in [-0.3, -0.25) is 9.89 Å². The van der Waals surface area contributed by atoms with E-state index >= 15 is 0 Å². The lowest BCUT2D eigenvalue weighted by Crippen LogP contribution is -2.40. The van der Waals surface area contributed by atoms with Crippen molar-refractivity contribution in [1.29, 1.82) is 0 Å². The van der Waals surface area contributed by atoms with E-state index in [4.69, 9.17) is 0 Å². The molecule has 2 rings (SSSR count). The molecule has 21 heavy (non-hydrogen) atoms. The van der Waals surface area contributed by atoms with E-state index in [1.165, 1.54) is 0 Å². The summed E-state index contributed by atoms with van der Waals surface area (Å²) in [5.74, 6) is 0.0228. The van der Waals surface area contributed by atoms with Gasteiger partial charge in [-0.1, -0.05) is 13.8 Å². The lowest BCUT2D eigenvalue weighted by Gasteiger charge is -2.32. The first-order valence-electron chi connectivity index (χ1n) is 8.06. The van der Waals surface area contributed by atoms with Crippen molar-refractivity contribution in [3.63, 3.8) is 0 Å². The first-order chi connectivity index (χ1) is 10.2. The van der Waals surface area contributed by atoms with Crippen LogP contribution in [0, 0.1) is 5.41 Å². The highest BCUT2D eigenvalue weighted by Crippen LogP contribution is 2.32. The fraction of sp³-hybridized carbons (Fsp3) is 0.750. The zero-order chi connectivity index (χ0) is 15.3. The molecule has 1 aromatic heterocycles. The van der Waals surface area contributed by atoms with E-state index in [1.807, 2.05) is 0 Å². The Balaban J connectivity index is 1.99. The third-order valence-corrected chi connectivity index (χ3v) is 5.14. The number of aromatic amines is 1. The minimum atomic E-state index is -0.0759. The second-order valence-electron chi connectivity index (χ2n) is 6.15. The minimum Gasteiger partial charge on any atom is -0.396 e. The second kappa shape index (κ2) is 7.07. The topological polar surface area (TPSA) is 78.0 Å². The number of hydrogen-bond donors (Lipinski definition) is 3. The lowest BCUT2D eigenvalue weighted by molar-refractivity contribution is -0.123. The zero-order valence-electron chi connectivity index (χ0n) is 13.1. The van der Waals surface area contributed by atoms with Crippen LogP contribution in [-0.4, -0.2) is 34.4 Å². The largest absolute Gasteiger partial charge is 0.396 e. The van der Waals surface area contributed by atoms with Crippen LogP contribution in [0.3, 0.4) is 0 Å². The van der Waals surface area contributed by atoms with Gasteiger partial charge in [0.25, 0.3) is 0 Å². The normalized spacial score (nSPS) is 18.3. The maximum Gasteiger partial charge on any atom is 0.227 e. The third kappa shape index (κ3) is 3.46. The van der Waals surface area contributed by atoms with Gasteiger partial charge in [0.2, 0.25) is 5.91 Å². The first-order valence-corrected chi connectivity index (χ1v) is 8.06. The van der Waals surface area contributed by atoms with Crippen LogP contribution in [0.15, 0.2) is 6.20 Å². The monoisotopic (exact) mass is 293 g/mol.